The van der Waals surface area contributed by atoms with Crippen molar-refractivity contribution in [3.8, 4) is 0 Å². The molecule has 0 aliphatic heterocycles. The van der Waals surface area contributed by atoms with Crippen LogP contribution in [0, 0.1) is 6.92 Å². The molecule has 0 saturated heterocycles. The van der Waals surface area contributed by atoms with Crippen LogP contribution in [-0.4, -0.2) is 23.2 Å². The normalized spacial score (nSPS) is 10.9. The summed E-state index contributed by atoms with van der Waals surface area (Å²) in [6, 6.07) is 16.2. The summed E-state index contributed by atoms with van der Waals surface area (Å²) >= 11 is 3.13. The van der Waals surface area contributed by atoms with Crippen LogP contribution in [0.1, 0.15) is 12.5 Å². The van der Waals surface area contributed by atoms with Crippen molar-refractivity contribution in [2.75, 3.05) is 17.2 Å². The maximum Gasteiger partial charge on any atom is 0.239 e. The summed E-state index contributed by atoms with van der Waals surface area (Å²) in [6.45, 7) is 4.68. The second-order valence-electron chi connectivity index (χ2n) is 5.20. The minimum atomic E-state index is 0.0946. The van der Waals surface area contributed by atoms with Gasteiger partial charge in [-0.05, 0) is 38.1 Å². The number of carbonyl (C=O) groups excluding carboxylic acids is 1. The highest BCUT2D eigenvalue weighted by Gasteiger charge is 2.18. The Bertz CT molecular complexity index is 778. The van der Waals surface area contributed by atoms with Crippen molar-refractivity contribution >= 4 is 44.4 Å². The average molecular weight is 342 g/mol. The lowest BCUT2D eigenvalue weighted by atomic mass is 10.2. The molecule has 0 radical (unpaired) electrons. The topological polar surface area (TPSA) is 33.2 Å². The van der Waals surface area contributed by atoms with Gasteiger partial charge < -0.3 is 0 Å². The molecule has 0 saturated carbocycles. The summed E-state index contributed by atoms with van der Waals surface area (Å²) in [4.78, 5) is 20.0. The maximum atomic E-state index is 12.6. The fourth-order valence-electron chi connectivity index (χ4n) is 2.25. The first-order valence-corrected chi connectivity index (χ1v) is 9.33. The number of amides is 1. The van der Waals surface area contributed by atoms with E-state index in [-0.39, 0.29) is 5.91 Å². The molecule has 3 aromatic rings. The number of hydrogen-bond acceptors (Lipinski definition) is 4. The van der Waals surface area contributed by atoms with Crippen molar-refractivity contribution in [1.82, 2.24) is 4.98 Å². The maximum absolute atomic E-state index is 12.6. The van der Waals surface area contributed by atoms with Gasteiger partial charge in [0, 0.05) is 11.4 Å². The lowest BCUT2D eigenvalue weighted by Crippen LogP contribution is -2.31. The van der Waals surface area contributed by atoms with Crippen LogP contribution < -0.4 is 4.90 Å². The van der Waals surface area contributed by atoms with Gasteiger partial charge in [-0.1, -0.05) is 41.2 Å². The third-order valence-corrected chi connectivity index (χ3v) is 5.57. The SMILES string of the molecule is CCN(C(=O)CSc1ccc(C)cc1)c1nc2ccccc2s1. The first-order chi connectivity index (χ1) is 11.2. The predicted octanol–water partition coefficient (Wildman–Crippen LogP) is 4.75. The number of benzene rings is 2. The number of nitrogens with zero attached hydrogens (tertiary/aromatic N) is 2. The molecule has 5 heteroatoms. The summed E-state index contributed by atoms with van der Waals surface area (Å²) < 4.78 is 1.11. The Kier molecular flexibility index (Phi) is 4.98. The summed E-state index contributed by atoms with van der Waals surface area (Å²) in [5.41, 5.74) is 2.18. The Morgan fingerprint density at radius 3 is 2.61 bits per heavy atom. The predicted molar refractivity (Wildman–Crippen MR) is 99.6 cm³/mol. The van der Waals surface area contributed by atoms with Gasteiger partial charge >= 0.3 is 0 Å². The molecular formula is C18H18N2OS2. The Morgan fingerprint density at radius 2 is 1.91 bits per heavy atom. The molecule has 1 heterocycles. The van der Waals surface area contributed by atoms with Crippen molar-refractivity contribution in [2.24, 2.45) is 0 Å². The van der Waals surface area contributed by atoms with Crippen molar-refractivity contribution in [1.29, 1.82) is 0 Å². The molecule has 23 heavy (non-hydrogen) atoms. The second-order valence-corrected chi connectivity index (χ2v) is 7.26. The molecule has 0 fully saturated rings. The highest BCUT2D eigenvalue weighted by atomic mass is 32.2. The van der Waals surface area contributed by atoms with Crippen LogP contribution in [0.4, 0.5) is 5.13 Å². The molecule has 1 aromatic heterocycles. The highest BCUT2D eigenvalue weighted by molar-refractivity contribution is 8.00. The number of para-hydroxylation sites is 1. The van der Waals surface area contributed by atoms with Crippen LogP contribution in [0.15, 0.2) is 53.4 Å². The van der Waals surface area contributed by atoms with Gasteiger partial charge in [0.2, 0.25) is 5.91 Å². The molecule has 0 aliphatic carbocycles. The van der Waals surface area contributed by atoms with Crippen LogP contribution in [0.2, 0.25) is 0 Å². The molecular weight excluding hydrogens is 324 g/mol. The molecule has 3 rings (SSSR count). The molecule has 1 amide bonds. The third kappa shape index (κ3) is 3.74. The summed E-state index contributed by atoms with van der Waals surface area (Å²) in [6.07, 6.45) is 0. The zero-order valence-corrected chi connectivity index (χ0v) is 14.8. The molecule has 0 atom stereocenters. The fourth-order valence-corrected chi connectivity index (χ4v) is 4.07. The molecule has 0 aliphatic rings. The van der Waals surface area contributed by atoms with Gasteiger partial charge in [0.1, 0.15) is 0 Å². The van der Waals surface area contributed by atoms with E-state index in [1.165, 1.54) is 5.56 Å². The molecule has 2 aromatic carbocycles. The Morgan fingerprint density at radius 1 is 1.17 bits per heavy atom. The van der Waals surface area contributed by atoms with Gasteiger partial charge in [-0.3, -0.25) is 9.69 Å². The van der Waals surface area contributed by atoms with E-state index in [0.29, 0.717) is 12.3 Å². The first kappa shape index (κ1) is 16.0. The largest absolute Gasteiger partial charge is 0.288 e. The molecule has 0 unspecified atom stereocenters. The number of aromatic nitrogens is 1. The van der Waals surface area contributed by atoms with Gasteiger partial charge in [0.15, 0.2) is 5.13 Å². The van der Waals surface area contributed by atoms with Gasteiger partial charge in [-0.15, -0.1) is 11.8 Å². The van der Waals surface area contributed by atoms with E-state index >= 15 is 0 Å². The average Bonchev–Trinajstić information content (AvgIpc) is 2.98. The van der Waals surface area contributed by atoms with E-state index in [1.54, 1.807) is 28.0 Å². The molecule has 3 nitrogen and oxygen atoms in total. The van der Waals surface area contributed by atoms with Crippen LogP contribution in [-0.2, 0) is 4.79 Å². The number of thiazole rings is 1. The van der Waals surface area contributed by atoms with Gasteiger partial charge in [0.05, 0.1) is 16.0 Å². The van der Waals surface area contributed by atoms with E-state index in [1.807, 2.05) is 31.2 Å². The number of fused-ring (bicyclic) bond motifs is 1. The summed E-state index contributed by atoms with van der Waals surface area (Å²) in [5.74, 6) is 0.518. The van der Waals surface area contributed by atoms with Crippen LogP contribution >= 0.6 is 23.1 Å². The van der Waals surface area contributed by atoms with Crippen molar-refractivity contribution in [3.05, 3.63) is 54.1 Å². The number of hydrogen-bond donors (Lipinski definition) is 0. The minimum absolute atomic E-state index is 0.0946. The number of rotatable bonds is 5. The molecule has 118 valence electrons. The Balaban J connectivity index is 1.72. The molecule has 0 N–H and O–H groups in total. The van der Waals surface area contributed by atoms with E-state index in [2.05, 4.69) is 36.2 Å². The summed E-state index contributed by atoms with van der Waals surface area (Å²) in [7, 11) is 0. The Labute approximate surface area is 144 Å². The van der Waals surface area contributed by atoms with Gasteiger partial charge in [0.25, 0.3) is 0 Å². The number of aryl methyl sites for hydroxylation is 1. The number of carbonyl (C=O) groups is 1. The van der Waals surface area contributed by atoms with Crippen LogP contribution in [0.3, 0.4) is 0 Å². The standard InChI is InChI=1S/C18H18N2OS2/c1-3-20(18-19-15-6-4-5-7-16(15)23-18)17(21)12-22-14-10-8-13(2)9-11-14/h4-11H,3,12H2,1-2H3. The lowest BCUT2D eigenvalue weighted by Gasteiger charge is -2.17. The van der Waals surface area contributed by atoms with Crippen LogP contribution in [0.5, 0.6) is 0 Å². The number of thioether (sulfide) groups is 1. The fraction of sp³-hybridized carbons (Fsp3) is 0.222. The van der Waals surface area contributed by atoms with E-state index in [9.17, 15) is 4.79 Å². The van der Waals surface area contributed by atoms with E-state index in [0.717, 1.165) is 20.2 Å². The van der Waals surface area contributed by atoms with Crippen molar-refractivity contribution in [2.45, 2.75) is 18.7 Å². The van der Waals surface area contributed by atoms with Gasteiger partial charge in [-0.2, -0.15) is 0 Å². The zero-order valence-electron chi connectivity index (χ0n) is 13.2. The van der Waals surface area contributed by atoms with Gasteiger partial charge in [-0.25, -0.2) is 4.98 Å². The minimum Gasteiger partial charge on any atom is -0.288 e. The van der Waals surface area contributed by atoms with Crippen LogP contribution in [0.25, 0.3) is 10.2 Å². The molecule has 0 bridgehead atoms. The Hall–Kier alpha value is -1.85. The second kappa shape index (κ2) is 7.15. The smallest absolute Gasteiger partial charge is 0.239 e. The zero-order chi connectivity index (χ0) is 16.2. The quantitative estimate of drug-likeness (QED) is 0.627. The van der Waals surface area contributed by atoms with E-state index < -0.39 is 0 Å². The van der Waals surface area contributed by atoms with Crippen molar-refractivity contribution in [3.63, 3.8) is 0 Å². The third-order valence-electron chi connectivity index (χ3n) is 3.51. The first-order valence-electron chi connectivity index (χ1n) is 7.53. The summed E-state index contributed by atoms with van der Waals surface area (Å²) in [5, 5.41) is 0.781. The lowest BCUT2D eigenvalue weighted by molar-refractivity contribution is -0.116. The molecule has 0 spiro atoms. The number of anilines is 1. The monoisotopic (exact) mass is 342 g/mol. The highest BCUT2D eigenvalue weighted by Crippen LogP contribution is 2.29. The van der Waals surface area contributed by atoms with E-state index in [4.69, 9.17) is 0 Å². The van der Waals surface area contributed by atoms with Crippen molar-refractivity contribution < 1.29 is 4.79 Å².